The minimum atomic E-state index is -0.150. The van der Waals surface area contributed by atoms with Gasteiger partial charge in [0.05, 0.1) is 0 Å². The van der Waals surface area contributed by atoms with Crippen LogP contribution >= 0.6 is 0 Å². The van der Waals surface area contributed by atoms with Crippen LogP contribution in [0, 0.1) is 0 Å². The Morgan fingerprint density at radius 3 is 2.62 bits per heavy atom. The quantitative estimate of drug-likeness (QED) is 0.836. The number of carbonyl (C=O) groups is 2. The SMILES string of the molecule is CCCC(=O)NCCC(=O)Nc1ccc2c(c1)OCCO2. The second-order valence-electron chi connectivity index (χ2n) is 4.76. The predicted molar refractivity (Wildman–Crippen MR) is 78.6 cm³/mol. The van der Waals surface area contributed by atoms with Crippen molar-refractivity contribution < 1.29 is 19.1 Å². The van der Waals surface area contributed by atoms with Gasteiger partial charge in [-0.15, -0.1) is 0 Å². The summed E-state index contributed by atoms with van der Waals surface area (Å²) in [5.74, 6) is 1.15. The zero-order valence-electron chi connectivity index (χ0n) is 12.1. The van der Waals surface area contributed by atoms with Crippen LogP contribution in [0.1, 0.15) is 26.2 Å². The van der Waals surface area contributed by atoms with Crippen molar-refractivity contribution in [3.05, 3.63) is 18.2 Å². The number of nitrogens with one attached hydrogen (secondary N) is 2. The number of anilines is 1. The summed E-state index contributed by atoms with van der Waals surface area (Å²) >= 11 is 0. The van der Waals surface area contributed by atoms with Crippen molar-refractivity contribution in [1.82, 2.24) is 5.32 Å². The number of amides is 2. The molecule has 0 spiro atoms. The summed E-state index contributed by atoms with van der Waals surface area (Å²) in [5.41, 5.74) is 0.657. The molecule has 0 aliphatic carbocycles. The summed E-state index contributed by atoms with van der Waals surface area (Å²) in [7, 11) is 0. The molecule has 0 fully saturated rings. The van der Waals surface area contributed by atoms with Crippen LogP contribution in [-0.4, -0.2) is 31.6 Å². The van der Waals surface area contributed by atoms with Crippen LogP contribution < -0.4 is 20.1 Å². The topological polar surface area (TPSA) is 76.7 Å². The third-order valence-electron chi connectivity index (χ3n) is 2.98. The first kappa shape index (κ1) is 15.2. The van der Waals surface area contributed by atoms with Crippen LogP contribution in [0.2, 0.25) is 0 Å². The van der Waals surface area contributed by atoms with E-state index < -0.39 is 0 Å². The standard InChI is InChI=1S/C15H20N2O4/c1-2-3-14(18)16-7-6-15(19)17-11-4-5-12-13(10-11)21-9-8-20-12/h4-5,10H,2-3,6-9H2,1H3,(H,16,18)(H,17,19). The lowest BCUT2D eigenvalue weighted by atomic mass is 10.2. The molecule has 1 aliphatic rings. The number of hydrogen-bond donors (Lipinski definition) is 2. The molecule has 0 bridgehead atoms. The lowest BCUT2D eigenvalue weighted by Gasteiger charge is -2.19. The highest BCUT2D eigenvalue weighted by molar-refractivity contribution is 5.91. The molecular formula is C15H20N2O4. The zero-order valence-corrected chi connectivity index (χ0v) is 12.1. The Balaban J connectivity index is 1.78. The predicted octanol–water partition coefficient (Wildman–Crippen LogP) is 1.70. The van der Waals surface area contributed by atoms with E-state index in [0.717, 1.165) is 6.42 Å². The molecule has 2 amide bonds. The number of benzene rings is 1. The van der Waals surface area contributed by atoms with Crippen LogP contribution in [0.15, 0.2) is 18.2 Å². The largest absolute Gasteiger partial charge is 0.486 e. The molecule has 0 atom stereocenters. The van der Waals surface area contributed by atoms with Gasteiger partial charge in [-0.05, 0) is 18.6 Å². The molecule has 6 nitrogen and oxygen atoms in total. The average Bonchev–Trinajstić information content (AvgIpc) is 2.47. The molecule has 0 radical (unpaired) electrons. The molecule has 1 heterocycles. The summed E-state index contributed by atoms with van der Waals surface area (Å²) in [6, 6.07) is 5.27. The molecule has 2 rings (SSSR count). The first-order valence-electron chi connectivity index (χ1n) is 7.15. The van der Waals surface area contributed by atoms with Crippen LogP contribution in [0.4, 0.5) is 5.69 Å². The van der Waals surface area contributed by atoms with Crippen molar-refractivity contribution in [2.75, 3.05) is 25.1 Å². The monoisotopic (exact) mass is 292 g/mol. The third kappa shape index (κ3) is 4.66. The number of rotatable bonds is 6. The maximum Gasteiger partial charge on any atom is 0.226 e. The Morgan fingerprint density at radius 1 is 1.10 bits per heavy atom. The van der Waals surface area contributed by atoms with Gasteiger partial charge in [0.2, 0.25) is 11.8 Å². The van der Waals surface area contributed by atoms with E-state index in [1.54, 1.807) is 18.2 Å². The second kappa shape index (κ2) is 7.52. The summed E-state index contributed by atoms with van der Waals surface area (Å²) < 4.78 is 10.9. The number of hydrogen-bond acceptors (Lipinski definition) is 4. The Kier molecular flexibility index (Phi) is 5.43. The molecule has 21 heavy (non-hydrogen) atoms. The van der Waals surface area contributed by atoms with Gasteiger partial charge in [0, 0.05) is 31.1 Å². The highest BCUT2D eigenvalue weighted by atomic mass is 16.6. The zero-order chi connectivity index (χ0) is 15.1. The first-order chi connectivity index (χ1) is 10.2. The first-order valence-corrected chi connectivity index (χ1v) is 7.15. The summed E-state index contributed by atoms with van der Waals surface area (Å²) in [5, 5.41) is 5.48. The smallest absolute Gasteiger partial charge is 0.226 e. The van der Waals surface area contributed by atoms with E-state index in [1.807, 2.05) is 6.92 Å². The fourth-order valence-corrected chi connectivity index (χ4v) is 1.98. The molecule has 0 saturated carbocycles. The van der Waals surface area contributed by atoms with Crippen molar-refractivity contribution >= 4 is 17.5 Å². The number of carbonyl (C=O) groups excluding carboxylic acids is 2. The highest BCUT2D eigenvalue weighted by Gasteiger charge is 2.12. The molecule has 2 N–H and O–H groups in total. The Hall–Kier alpha value is -2.24. The fraction of sp³-hybridized carbons (Fsp3) is 0.467. The summed E-state index contributed by atoms with van der Waals surface area (Å²) in [4.78, 5) is 23.1. The molecule has 1 aromatic carbocycles. The fourth-order valence-electron chi connectivity index (χ4n) is 1.98. The van der Waals surface area contributed by atoms with E-state index in [9.17, 15) is 9.59 Å². The van der Waals surface area contributed by atoms with E-state index in [-0.39, 0.29) is 18.2 Å². The van der Waals surface area contributed by atoms with E-state index in [2.05, 4.69) is 10.6 Å². The van der Waals surface area contributed by atoms with Gasteiger partial charge in [-0.1, -0.05) is 6.92 Å². The van der Waals surface area contributed by atoms with E-state index in [1.165, 1.54) is 0 Å². The maximum atomic E-state index is 11.8. The summed E-state index contributed by atoms with van der Waals surface area (Å²) in [6.45, 7) is 3.33. The van der Waals surface area contributed by atoms with E-state index >= 15 is 0 Å². The molecule has 0 saturated heterocycles. The minimum Gasteiger partial charge on any atom is -0.486 e. The van der Waals surface area contributed by atoms with Crippen molar-refractivity contribution in [2.24, 2.45) is 0 Å². The highest BCUT2D eigenvalue weighted by Crippen LogP contribution is 2.32. The van der Waals surface area contributed by atoms with Gasteiger partial charge in [0.25, 0.3) is 0 Å². The van der Waals surface area contributed by atoms with Crippen LogP contribution in [-0.2, 0) is 9.59 Å². The van der Waals surface area contributed by atoms with Gasteiger partial charge in [-0.2, -0.15) is 0 Å². The van der Waals surface area contributed by atoms with Gasteiger partial charge in [0.15, 0.2) is 11.5 Å². The van der Waals surface area contributed by atoms with Gasteiger partial charge in [-0.3, -0.25) is 9.59 Å². The molecule has 0 unspecified atom stereocenters. The maximum absolute atomic E-state index is 11.8. The van der Waals surface area contributed by atoms with Gasteiger partial charge >= 0.3 is 0 Å². The van der Waals surface area contributed by atoms with Crippen molar-refractivity contribution in [3.8, 4) is 11.5 Å². The molecule has 6 heteroatoms. The average molecular weight is 292 g/mol. The normalized spacial score (nSPS) is 12.6. The molecule has 0 aromatic heterocycles. The van der Waals surface area contributed by atoms with Crippen molar-refractivity contribution in [1.29, 1.82) is 0 Å². The second-order valence-corrected chi connectivity index (χ2v) is 4.76. The lowest BCUT2D eigenvalue weighted by molar-refractivity contribution is -0.121. The Morgan fingerprint density at radius 2 is 1.86 bits per heavy atom. The van der Waals surface area contributed by atoms with Crippen LogP contribution in [0.25, 0.3) is 0 Å². The van der Waals surface area contributed by atoms with Crippen LogP contribution in [0.5, 0.6) is 11.5 Å². The molecule has 1 aromatic rings. The van der Waals surface area contributed by atoms with E-state index in [4.69, 9.17) is 9.47 Å². The number of ether oxygens (including phenoxy) is 2. The molecule has 114 valence electrons. The van der Waals surface area contributed by atoms with Gasteiger partial charge < -0.3 is 20.1 Å². The number of fused-ring (bicyclic) bond motifs is 1. The van der Waals surface area contributed by atoms with Crippen molar-refractivity contribution in [2.45, 2.75) is 26.2 Å². The molecular weight excluding hydrogens is 272 g/mol. The van der Waals surface area contributed by atoms with Crippen LogP contribution in [0.3, 0.4) is 0 Å². The van der Waals surface area contributed by atoms with Gasteiger partial charge in [-0.25, -0.2) is 0 Å². The Bertz CT molecular complexity index is 516. The van der Waals surface area contributed by atoms with Gasteiger partial charge in [0.1, 0.15) is 13.2 Å². The third-order valence-corrected chi connectivity index (χ3v) is 2.98. The minimum absolute atomic E-state index is 0.0235. The Labute approximate surface area is 123 Å². The van der Waals surface area contributed by atoms with E-state index in [0.29, 0.717) is 43.4 Å². The lowest BCUT2D eigenvalue weighted by Crippen LogP contribution is -2.27. The van der Waals surface area contributed by atoms with Crippen molar-refractivity contribution in [3.63, 3.8) is 0 Å². The summed E-state index contributed by atoms with van der Waals surface area (Å²) in [6.07, 6.45) is 1.53. The molecule has 1 aliphatic heterocycles.